The Kier molecular flexibility index (Phi) is 5.55. The molecule has 0 bridgehead atoms. The van der Waals surface area contributed by atoms with Gasteiger partial charge in [0.25, 0.3) is 5.22 Å². The molecule has 0 unspecified atom stereocenters. The Morgan fingerprint density at radius 2 is 2.04 bits per heavy atom. The number of nitrogens with zero attached hydrogens (tertiary/aromatic N) is 1. The van der Waals surface area contributed by atoms with E-state index in [0.717, 1.165) is 15.6 Å². The first-order valence-electron chi connectivity index (χ1n) is 7.42. The third-order valence-electron chi connectivity index (χ3n) is 3.41. The molecular weight excluding hydrogens is 407 g/mol. The Balaban J connectivity index is 1.59. The molecule has 0 saturated heterocycles. The van der Waals surface area contributed by atoms with Gasteiger partial charge in [-0.3, -0.25) is 4.79 Å². The van der Waals surface area contributed by atoms with E-state index in [9.17, 15) is 9.18 Å². The van der Waals surface area contributed by atoms with Crippen molar-refractivity contribution in [3.05, 3.63) is 64.5 Å². The van der Waals surface area contributed by atoms with Gasteiger partial charge in [-0.05, 0) is 36.8 Å². The first-order valence-corrected chi connectivity index (χ1v) is 9.20. The zero-order valence-electron chi connectivity index (χ0n) is 13.3. The van der Waals surface area contributed by atoms with Crippen molar-refractivity contribution in [2.75, 3.05) is 11.1 Å². The Labute approximate surface area is 157 Å². The summed E-state index contributed by atoms with van der Waals surface area (Å²) < 4.78 is 19.9. The summed E-state index contributed by atoms with van der Waals surface area (Å²) in [6.45, 7) is 1.81. The average molecular weight is 421 g/mol. The lowest BCUT2D eigenvalue weighted by atomic mass is 10.2. The van der Waals surface area contributed by atoms with Crippen molar-refractivity contribution in [1.82, 2.24) is 4.98 Å². The number of oxazole rings is 1. The van der Waals surface area contributed by atoms with E-state index >= 15 is 0 Å². The van der Waals surface area contributed by atoms with Gasteiger partial charge in [-0.25, -0.2) is 9.37 Å². The second kappa shape index (κ2) is 7.84. The second-order valence-corrected chi connectivity index (χ2v) is 7.14. The number of rotatable bonds is 5. The van der Waals surface area contributed by atoms with Crippen molar-refractivity contribution in [2.24, 2.45) is 0 Å². The van der Waals surface area contributed by atoms with Crippen molar-refractivity contribution < 1.29 is 13.6 Å². The predicted octanol–water partition coefficient (Wildman–Crippen LogP) is 5.28. The van der Waals surface area contributed by atoms with E-state index in [4.69, 9.17) is 4.42 Å². The van der Waals surface area contributed by atoms with E-state index in [-0.39, 0.29) is 17.5 Å². The van der Waals surface area contributed by atoms with E-state index in [0.29, 0.717) is 16.7 Å². The highest BCUT2D eigenvalue weighted by Crippen LogP contribution is 2.26. The van der Waals surface area contributed by atoms with Gasteiger partial charge >= 0.3 is 0 Å². The van der Waals surface area contributed by atoms with Gasteiger partial charge in [-0.2, -0.15) is 0 Å². The fourth-order valence-electron chi connectivity index (χ4n) is 2.11. The van der Waals surface area contributed by atoms with Gasteiger partial charge in [0.1, 0.15) is 5.82 Å². The maximum absolute atomic E-state index is 13.3. The lowest BCUT2D eigenvalue weighted by molar-refractivity contribution is -0.113. The number of hydrogen-bond donors (Lipinski definition) is 1. The molecule has 25 heavy (non-hydrogen) atoms. The van der Waals surface area contributed by atoms with Crippen LogP contribution in [0.3, 0.4) is 0 Å². The van der Waals surface area contributed by atoms with Gasteiger partial charge < -0.3 is 9.73 Å². The molecule has 3 rings (SSSR count). The third-order valence-corrected chi connectivity index (χ3v) is 4.78. The van der Waals surface area contributed by atoms with Crippen molar-refractivity contribution in [3.63, 3.8) is 0 Å². The quantitative estimate of drug-likeness (QED) is 0.570. The number of aromatic nitrogens is 1. The highest BCUT2D eigenvalue weighted by Gasteiger charge is 2.11. The van der Waals surface area contributed by atoms with Crippen LogP contribution >= 0.6 is 27.7 Å². The molecule has 0 spiro atoms. The maximum atomic E-state index is 13.3. The van der Waals surface area contributed by atoms with Gasteiger partial charge in [-0.1, -0.05) is 45.9 Å². The summed E-state index contributed by atoms with van der Waals surface area (Å²) in [6.07, 6.45) is 1.63. The summed E-state index contributed by atoms with van der Waals surface area (Å²) in [7, 11) is 0. The Hall–Kier alpha value is -2.12. The molecule has 128 valence electrons. The summed E-state index contributed by atoms with van der Waals surface area (Å²) in [5, 5.41) is 3.10. The van der Waals surface area contributed by atoms with E-state index in [1.54, 1.807) is 19.2 Å². The van der Waals surface area contributed by atoms with Crippen LogP contribution in [0.5, 0.6) is 0 Å². The normalized spacial score (nSPS) is 10.7. The summed E-state index contributed by atoms with van der Waals surface area (Å²) in [4.78, 5) is 16.2. The lowest BCUT2D eigenvalue weighted by Crippen LogP contribution is -2.15. The van der Waals surface area contributed by atoms with Crippen molar-refractivity contribution in [3.8, 4) is 11.3 Å². The van der Waals surface area contributed by atoms with E-state index in [1.165, 1.54) is 23.9 Å². The van der Waals surface area contributed by atoms with Crippen molar-refractivity contribution >= 4 is 39.3 Å². The van der Waals surface area contributed by atoms with Crippen LogP contribution in [0.25, 0.3) is 11.3 Å². The summed E-state index contributed by atoms with van der Waals surface area (Å²) in [5.74, 6) is 0.120. The largest absolute Gasteiger partial charge is 0.431 e. The van der Waals surface area contributed by atoms with Gasteiger partial charge in [0, 0.05) is 15.7 Å². The third kappa shape index (κ3) is 4.70. The molecule has 7 heteroatoms. The number of carbonyl (C=O) groups excluding carboxylic acids is 1. The van der Waals surface area contributed by atoms with Crippen LogP contribution in [0.4, 0.5) is 10.1 Å². The molecule has 4 nitrogen and oxygen atoms in total. The van der Waals surface area contributed by atoms with Gasteiger partial charge in [0.05, 0.1) is 11.9 Å². The Morgan fingerprint density at radius 1 is 1.28 bits per heavy atom. The van der Waals surface area contributed by atoms with Crippen LogP contribution in [0.15, 0.2) is 62.8 Å². The highest BCUT2D eigenvalue weighted by atomic mass is 79.9. The minimum Gasteiger partial charge on any atom is -0.431 e. The Morgan fingerprint density at radius 3 is 2.80 bits per heavy atom. The summed E-state index contributed by atoms with van der Waals surface area (Å²) in [5.41, 5.74) is 2.17. The monoisotopic (exact) mass is 420 g/mol. The van der Waals surface area contributed by atoms with E-state index in [2.05, 4.69) is 26.2 Å². The number of nitrogens with one attached hydrogen (secondary N) is 1. The van der Waals surface area contributed by atoms with Crippen LogP contribution in [0.2, 0.25) is 0 Å². The molecule has 0 aliphatic carbocycles. The number of thioether (sulfide) groups is 1. The number of benzene rings is 2. The minimum absolute atomic E-state index is 0.121. The number of anilines is 1. The number of hydrogen-bond acceptors (Lipinski definition) is 4. The van der Waals surface area contributed by atoms with Crippen LogP contribution in [-0.2, 0) is 4.79 Å². The highest BCUT2D eigenvalue weighted by molar-refractivity contribution is 9.10. The molecule has 0 fully saturated rings. The molecule has 1 aromatic heterocycles. The molecule has 0 saturated carbocycles. The van der Waals surface area contributed by atoms with Gasteiger partial charge in [0.15, 0.2) is 5.76 Å². The molecule has 2 aromatic carbocycles. The second-order valence-electron chi connectivity index (χ2n) is 5.29. The molecule has 0 aliphatic rings. The van der Waals surface area contributed by atoms with E-state index in [1.807, 2.05) is 24.3 Å². The van der Waals surface area contributed by atoms with Gasteiger partial charge in [-0.15, -0.1) is 0 Å². The molecule has 3 aromatic rings. The minimum atomic E-state index is -0.389. The molecular formula is C18H14BrFN2O2S. The average Bonchev–Trinajstić information content (AvgIpc) is 3.06. The maximum Gasteiger partial charge on any atom is 0.256 e. The summed E-state index contributed by atoms with van der Waals surface area (Å²) >= 11 is 4.57. The fraction of sp³-hybridized carbons (Fsp3) is 0.111. The van der Waals surface area contributed by atoms with Gasteiger partial charge in [0.2, 0.25) is 5.91 Å². The van der Waals surface area contributed by atoms with Crippen LogP contribution in [-0.4, -0.2) is 16.6 Å². The smallest absolute Gasteiger partial charge is 0.256 e. The fourth-order valence-corrected chi connectivity index (χ4v) is 2.98. The number of aryl methyl sites for hydroxylation is 1. The Bertz CT molecular complexity index is 896. The molecule has 1 heterocycles. The molecule has 0 radical (unpaired) electrons. The van der Waals surface area contributed by atoms with E-state index < -0.39 is 0 Å². The lowest BCUT2D eigenvalue weighted by Gasteiger charge is -2.07. The SMILES string of the molecule is Cc1ccc(F)cc1NC(=O)CSc1ncc(-c2ccc(Br)cc2)o1. The topological polar surface area (TPSA) is 55.1 Å². The zero-order valence-corrected chi connectivity index (χ0v) is 15.7. The van der Waals surface area contributed by atoms with Crippen LogP contribution < -0.4 is 5.32 Å². The predicted molar refractivity (Wildman–Crippen MR) is 100 cm³/mol. The van der Waals surface area contributed by atoms with Crippen LogP contribution in [0.1, 0.15) is 5.56 Å². The van der Waals surface area contributed by atoms with Crippen molar-refractivity contribution in [2.45, 2.75) is 12.1 Å². The van der Waals surface area contributed by atoms with Crippen molar-refractivity contribution in [1.29, 1.82) is 0 Å². The zero-order chi connectivity index (χ0) is 17.8. The number of halogens is 2. The molecule has 0 atom stereocenters. The molecule has 1 amide bonds. The standard InChI is InChI=1S/C18H14BrFN2O2S/c1-11-2-7-14(20)8-15(11)22-17(23)10-25-18-21-9-16(24-18)12-3-5-13(19)6-4-12/h2-9H,10H2,1H3,(H,22,23). The van der Waals surface area contributed by atoms with Crippen LogP contribution in [0, 0.1) is 12.7 Å². The number of amides is 1. The number of carbonyl (C=O) groups is 1. The molecule has 1 N–H and O–H groups in total. The summed E-state index contributed by atoms with van der Waals surface area (Å²) in [6, 6.07) is 11.9. The molecule has 0 aliphatic heterocycles. The first kappa shape index (κ1) is 17.7. The first-order chi connectivity index (χ1) is 12.0.